The largest absolute Gasteiger partial charge is 0.387 e. The lowest BCUT2D eigenvalue weighted by Crippen LogP contribution is -1.98. The molecule has 0 aliphatic heterocycles. The number of carbonyl (C=O) groups excluding carboxylic acids is 1. The van der Waals surface area contributed by atoms with Gasteiger partial charge in [-0.3, -0.25) is 9.78 Å². The second-order valence-corrected chi connectivity index (χ2v) is 5.02. The topological polar surface area (TPSA) is 88.9 Å². The highest BCUT2D eigenvalue weighted by atomic mass is 35.5. The van der Waals surface area contributed by atoms with Crippen molar-refractivity contribution >= 4 is 52.7 Å². The van der Waals surface area contributed by atoms with Crippen LogP contribution in [0, 0.1) is 0 Å². The first-order valence-corrected chi connectivity index (χ1v) is 6.85. The number of aromatic nitrogens is 4. The van der Waals surface area contributed by atoms with Crippen LogP contribution in [-0.4, -0.2) is 31.3 Å². The highest BCUT2D eigenvalue weighted by Gasteiger charge is 2.09. The van der Waals surface area contributed by atoms with E-state index >= 15 is 0 Å². The molecular weight excluding hydrogens is 362 g/mol. The predicted octanol–water partition coefficient (Wildman–Crippen LogP) is 3.43. The molecule has 0 aliphatic carbocycles. The third-order valence-electron chi connectivity index (χ3n) is 1.96. The quantitative estimate of drug-likeness (QED) is 0.815. The van der Waals surface area contributed by atoms with Crippen molar-refractivity contribution in [1.82, 2.24) is 19.9 Å². The zero-order chi connectivity index (χ0) is 16.0. The van der Waals surface area contributed by atoms with Gasteiger partial charge in [0.1, 0.15) is 21.7 Å². The molecule has 112 valence electrons. The van der Waals surface area contributed by atoms with Crippen LogP contribution in [0.15, 0.2) is 12.4 Å². The summed E-state index contributed by atoms with van der Waals surface area (Å²) in [6.45, 7) is 1.56. The van der Waals surface area contributed by atoms with E-state index in [1.165, 1.54) is 12.4 Å². The van der Waals surface area contributed by atoms with Gasteiger partial charge in [0.25, 0.3) is 0 Å². The van der Waals surface area contributed by atoms with Crippen LogP contribution in [-0.2, 0) is 0 Å². The molecule has 0 aliphatic rings. The molecular formula is C11H8Cl4N4O2. The fraction of sp³-hybridized carbons (Fsp3) is 0.182. The maximum atomic E-state index is 10.1. The summed E-state index contributed by atoms with van der Waals surface area (Å²) in [4.78, 5) is 24.8. The van der Waals surface area contributed by atoms with E-state index in [2.05, 4.69) is 19.9 Å². The van der Waals surface area contributed by atoms with E-state index in [0.717, 1.165) is 0 Å². The van der Waals surface area contributed by atoms with Gasteiger partial charge >= 0.3 is 0 Å². The highest BCUT2D eigenvalue weighted by Crippen LogP contribution is 2.19. The molecule has 2 heterocycles. The van der Waals surface area contributed by atoms with E-state index in [4.69, 9.17) is 51.5 Å². The Balaban J connectivity index is 0.000000211. The monoisotopic (exact) mass is 368 g/mol. The second-order valence-electron chi connectivity index (χ2n) is 3.53. The lowest BCUT2D eigenvalue weighted by molar-refractivity contribution is 0.111. The molecule has 6 nitrogen and oxygen atoms in total. The molecule has 0 saturated heterocycles. The van der Waals surface area contributed by atoms with Crippen molar-refractivity contribution in [3.05, 3.63) is 44.4 Å². The van der Waals surface area contributed by atoms with Gasteiger partial charge in [-0.2, -0.15) is 0 Å². The van der Waals surface area contributed by atoms with Crippen molar-refractivity contribution in [3.63, 3.8) is 0 Å². The summed E-state index contributed by atoms with van der Waals surface area (Å²) in [5.41, 5.74) is 0.446. The minimum atomic E-state index is -0.715. The third kappa shape index (κ3) is 5.68. The van der Waals surface area contributed by atoms with Crippen molar-refractivity contribution in [2.24, 2.45) is 0 Å². The molecule has 0 radical (unpaired) electrons. The summed E-state index contributed by atoms with van der Waals surface area (Å²) in [6, 6.07) is 0. The van der Waals surface area contributed by atoms with Crippen LogP contribution in [0.1, 0.15) is 29.2 Å². The molecule has 1 unspecified atom stereocenters. The van der Waals surface area contributed by atoms with Crippen LogP contribution in [0.25, 0.3) is 0 Å². The number of aliphatic hydroxyl groups excluding tert-OH is 1. The number of carbonyl (C=O) groups is 1. The predicted molar refractivity (Wildman–Crippen MR) is 80.1 cm³/mol. The molecule has 0 aromatic carbocycles. The highest BCUT2D eigenvalue weighted by molar-refractivity contribution is 6.33. The minimum Gasteiger partial charge on any atom is -0.387 e. The van der Waals surface area contributed by atoms with Gasteiger partial charge in [0, 0.05) is 0 Å². The number of rotatable bonds is 2. The Morgan fingerprint density at radius 2 is 1.57 bits per heavy atom. The van der Waals surface area contributed by atoms with Crippen LogP contribution < -0.4 is 0 Å². The molecule has 0 fully saturated rings. The molecule has 2 rings (SSSR count). The minimum absolute atomic E-state index is 0.0301. The van der Waals surface area contributed by atoms with E-state index in [9.17, 15) is 4.79 Å². The number of hydrogen-bond donors (Lipinski definition) is 1. The first-order chi connectivity index (χ1) is 9.85. The zero-order valence-electron chi connectivity index (χ0n) is 10.5. The summed E-state index contributed by atoms with van der Waals surface area (Å²) in [5, 5.41) is 9.64. The SMILES string of the molecule is CC(O)c1ncc(Cl)nc1Cl.O=Cc1ncc(Cl)nc1Cl. The Kier molecular flexibility index (Phi) is 7.21. The maximum Gasteiger partial charge on any atom is 0.171 e. The van der Waals surface area contributed by atoms with Gasteiger partial charge in [0.15, 0.2) is 16.6 Å². The number of nitrogens with zero attached hydrogens (tertiary/aromatic N) is 4. The molecule has 10 heteroatoms. The Morgan fingerprint density at radius 1 is 1.05 bits per heavy atom. The molecule has 21 heavy (non-hydrogen) atoms. The van der Waals surface area contributed by atoms with Crippen LogP contribution in [0.5, 0.6) is 0 Å². The average Bonchev–Trinajstić information content (AvgIpc) is 2.39. The Labute approximate surface area is 140 Å². The number of aldehydes is 1. The van der Waals surface area contributed by atoms with Gasteiger partial charge in [-0.05, 0) is 6.92 Å². The number of aliphatic hydroxyl groups is 1. The fourth-order valence-electron chi connectivity index (χ4n) is 1.07. The van der Waals surface area contributed by atoms with Gasteiger partial charge in [-0.1, -0.05) is 46.4 Å². The molecule has 0 saturated carbocycles. The van der Waals surface area contributed by atoms with Crippen LogP contribution in [0.4, 0.5) is 0 Å². The Morgan fingerprint density at radius 3 is 2.00 bits per heavy atom. The van der Waals surface area contributed by atoms with E-state index in [1.807, 2.05) is 0 Å². The normalized spacial score (nSPS) is 11.3. The van der Waals surface area contributed by atoms with Gasteiger partial charge in [-0.25, -0.2) is 15.0 Å². The van der Waals surface area contributed by atoms with Gasteiger partial charge < -0.3 is 5.11 Å². The van der Waals surface area contributed by atoms with Crippen molar-refractivity contribution in [2.75, 3.05) is 0 Å². The standard InChI is InChI=1S/C6H6Cl2N2O.C5H2Cl2N2O/c1-3(11)5-6(8)10-4(7)2-9-5;6-4-1-8-3(2-10)5(7)9-4/h2-3,11H,1H3;1-2H. The lowest BCUT2D eigenvalue weighted by Gasteiger charge is -2.03. The summed E-state index contributed by atoms with van der Waals surface area (Å²) in [5.74, 6) is 0. The maximum absolute atomic E-state index is 10.1. The summed E-state index contributed by atoms with van der Waals surface area (Å²) in [6.07, 6.45) is 2.41. The van der Waals surface area contributed by atoms with E-state index in [-0.39, 0.29) is 26.3 Å². The molecule has 2 aromatic rings. The summed E-state index contributed by atoms with van der Waals surface area (Å²) in [7, 11) is 0. The molecule has 1 atom stereocenters. The second kappa shape index (κ2) is 8.41. The Bertz CT molecular complexity index is 640. The van der Waals surface area contributed by atoms with Gasteiger partial charge in [0.2, 0.25) is 0 Å². The van der Waals surface area contributed by atoms with E-state index < -0.39 is 6.10 Å². The van der Waals surface area contributed by atoms with Gasteiger partial charge in [0.05, 0.1) is 18.5 Å². The van der Waals surface area contributed by atoms with Crippen molar-refractivity contribution in [1.29, 1.82) is 0 Å². The first kappa shape index (κ1) is 18.0. The molecule has 1 N–H and O–H groups in total. The number of halogens is 4. The molecule has 0 bridgehead atoms. The number of hydrogen-bond acceptors (Lipinski definition) is 6. The van der Waals surface area contributed by atoms with Gasteiger partial charge in [-0.15, -0.1) is 0 Å². The Hall–Kier alpha value is -1.05. The van der Waals surface area contributed by atoms with E-state index in [1.54, 1.807) is 6.92 Å². The first-order valence-electron chi connectivity index (χ1n) is 5.34. The van der Waals surface area contributed by atoms with E-state index in [0.29, 0.717) is 12.0 Å². The smallest absolute Gasteiger partial charge is 0.171 e. The molecule has 0 spiro atoms. The van der Waals surface area contributed by atoms with Crippen molar-refractivity contribution in [2.45, 2.75) is 13.0 Å². The summed E-state index contributed by atoms with van der Waals surface area (Å²) < 4.78 is 0. The fourth-order valence-corrected chi connectivity index (χ4v) is 1.91. The summed E-state index contributed by atoms with van der Waals surface area (Å²) >= 11 is 21.9. The molecule has 0 amide bonds. The van der Waals surface area contributed by atoms with Crippen LogP contribution >= 0.6 is 46.4 Å². The van der Waals surface area contributed by atoms with Crippen molar-refractivity contribution in [3.8, 4) is 0 Å². The van der Waals surface area contributed by atoms with Crippen LogP contribution in [0.3, 0.4) is 0 Å². The average molecular weight is 370 g/mol. The zero-order valence-corrected chi connectivity index (χ0v) is 13.5. The third-order valence-corrected chi connectivity index (χ3v) is 2.88. The van der Waals surface area contributed by atoms with Crippen LogP contribution in [0.2, 0.25) is 20.6 Å². The molecule has 2 aromatic heterocycles. The lowest BCUT2D eigenvalue weighted by atomic mass is 10.3. The van der Waals surface area contributed by atoms with Crippen molar-refractivity contribution < 1.29 is 9.90 Å².